The van der Waals surface area contributed by atoms with Crippen LogP contribution in [-0.4, -0.2) is 0 Å². The van der Waals surface area contributed by atoms with E-state index in [4.69, 9.17) is 0 Å². The summed E-state index contributed by atoms with van der Waals surface area (Å²) in [6, 6.07) is 17.0. The van der Waals surface area contributed by atoms with Crippen LogP contribution in [0, 0.1) is 5.38 Å². The van der Waals surface area contributed by atoms with Crippen LogP contribution in [-0.2, 0) is 0 Å². The van der Waals surface area contributed by atoms with E-state index in [1.54, 1.807) is 11.3 Å². The number of rotatable bonds is 1. The van der Waals surface area contributed by atoms with Gasteiger partial charge in [0.2, 0.25) is 0 Å². The van der Waals surface area contributed by atoms with Crippen molar-refractivity contribution in [1.29, 1.82) is 0 Å². The minimum Gasteiger partial charge on any atom is -0.264 e. The van der Waals surface area contributed by atoms with Crippen LogP contribution in [0.25, 0.3) is 21.9 Å². The van der Waals surface area contributed by atoms with Crippen molar-refractivity contribution in [3.63, 3.8) is 0 Å². The fourth-order valence-electron chi connectivity index (χ4n) is 1.84. The van der Waals surface area contributed by atoms with Gasteiger partial charge in [0, 0.05) is 0 Å². The lowest BCUT2D eigenvalue weighted by molar-refractivity contribution is 1.72. The van der Waals surface area contributed by atoms with E-state index in [0.29, 0.717) is 0 Å². The maximum atomic E-state index is 3.29. The molecule has 2 aromatic carbocycles. The predicted molar refractivity (Wildman–Crippen MR) is 66.1 cm³/mol. The first kappa shape index (κ1) is 8.69. The molecule has 3 aromatic rings. The molecule has 0 N–H and O–H groups in total. The summed E-state index contributed by atoms with van der Waals surface area (Å²) in [5.41, 5.74) is 2.46. The Bertz CT molecular complexity index is 574. The van der Waals surface area contributed by atoms with Gasteiger partial charge >= 0.3 is 0 Å². The highest BCUT2D eigenvalue weighted by atomic mass is 32.1. The molecule has 0 atom stereocenters. The van der Waals surface area contributed by atoms with Crippen molar-refractivity contribution < 1.29 is 0 Å². The average molecular weight is 209 g/mol. The molecule has 0 aliphatic rings. The second kappa shape index (κ2) is 3.52. The Hall–Kier alpha value is -1.60. The molecule has 1 aromatic heterocycles. The highest BCUT2D eigenvalue weighted by molar-refractivity contribution is 7.07. The fraction of sp³-hybridized carbons (Fsp3) is 0. The summed E-state index contributed by atoms with van der Waals surface area (Å²) in [6.07, 6.45) is 0. The molecule has 0 amide bonds. The maximum Gasteiger partial charge on any atom is -0.0271 e. The zero-order chi connectivity index (χ0) is 10.1. The Morgan fingerprint density at radius 2 is 1.73 bits per heavy atom. The Morgan fingerprint density at radius 1 is 0.867 bits per heavy atom. The molecule has 0 unspecified atom stereocenters. The molecule has 1 heterocycles. The summed E-state index contributed by atoms with van der Waals surface area (Å²) in [5, 5.41) is 7.94. The predicted octanol–water partition coefficient (Wildman–Crippen LogP) is 4.37. The summed E-state index contributed by atoms with van der Waals surface area (Å²) in [4.78, 5) is 0. The van der Waals surface area contributed by atoms with Gasteiger partial charge in [-0.1, -0.05) is 58.8 Å². The van der Waals surface area contributed by atoms with Gasteiger partial charge in [0.05, 0.1) is 0 Å². The molecule has 0 fully saturated rings. The van der Waals surface area contributed by atoms with Crippen molar-refractivity contribution in [3.05, 3.63) is 59.3 Å². The van der Waals surface area contributed by atoms with E-state index >= 15 is 0 Å². The van der Waals surface area contributed by atoms with Crippen LogP contribution < -0.4 is 0 Å². The van der Waals surface area contributed by atoms with Crippen LogP contribution in [0.1, 0.15) is 0 Å². The molecule has 1 heteroatoms. The van der Waals surface area contributed by atoms with Crippen molar-refractivity contribution in [2.75, 3.05) is 0 Å². The quantitative estimate of drug-likeness (QED) is 0.522. The number of benzene rings is 2. The second-order valence-electron chi connectivity index (χ2n) is 3.46. The molecule has 0 nitrogen and oxygen atoms in total. The molecule has 0 saturated heterocycles. The average Bonchev–Trinajstić information content (AvgIpc) is 2.82. The summed E-state index contributed by atoms with van der Waals surface area (Å²) in [5.74, 6) is 0. The van der Waals surface area contributed by atoms with Crippen LogP contribution in [0.2, 0.25) is 0 Å². The molecule has 0 radical (unpaired) electrons. The lowest BCUT2D eigenvalue weighted by Crippen LogP contribution is -1.77. The molecular formula is C14H9S-. The van der Waals surface area contributed by atoms with Gasteiger partial charge in [0.1, 0.15) is 0 Å². The molecule has 0 saturated carbocycles. The van der Waals surface area contributed by atoms with E-state index in [1.807, 2.05) is 0 Å². The highest BCUT2D eigenvalue weighted by Gasteiger charge is 1.96. The minimum atomic E-state index is 1.19. The van der Waals surface area contributed by atoms with E-state index in [0.717, 1.165) is 0 Å². The molecule has 0 aliphatic carbocycles. The zero-order valence-electron chi connectivity index (χ0n) is 8.10. The Balaban J connectivity index is 2.36. The van der Waals surface area contributed by atoms with Crippen molar-refractivity contribution >= 4 is 22.1 Å². The largest absolute Gasteiger partial charge is 0.264 e. The van der Waals surface area contributed by atoms with Crippen LogP contribution in [0.5, 0.6) is 0 Å². The summed E-state index contributed by atoms with van der Waals surface area (Å²) >= 11 is 1.62. The molecule has 0 bridgehead atoms. The van der Waals surface area contributed by atoms with Crippen LogP contribution in [0.3, 0.4) is 0 Å². The fourth-order valence-corrected chi connectivity index (χ4v) is 2.42. The van der Waals surface area contributed by atoms with Crippen molar-refractivity contribution in [2.24, 2.45) is 0 Å². The van der Waals surface area contributed by atoms with Crippen LogP contribution >= 0.6 is 11.3 Å². The standard InChI is InChI=1S/C14H9S/c1-2-6-13-11(4-1)5-3-7-14(13)12-8-9-15-10-12/h1-9H/q-1. The first-order chi connectivity index (χ1) is 7.45. The zero-order valence-corrected chi connectivity index (χ0v) is 8.92. The van der Waals surface area contributed by atoms with Gasteiger partial charge < -0.3 is 0 Å². The normalized spacial score (nSPS) is 10.7. The topological polar surface area (TPSA) is 0 Å². The van der Waals surface area contributed by atoms with Gasteiger partial charge in [-0.05, 0) is 5.39 Å². The first-order valence-electron chi connectivity index (χ1n) is 4.88. The molecule has 0 spiro atoms. The van der Waals surface area contributed by atoms with Gasteiger partial charge in [-0.15, -0.1) is 10.9 Å². The van der Waals surface area contributed by atoms with Gasteiger partial charge in [-0.2, -0.15) is 6.07 Å². The Morgan fingerprint density at radius 3 is 2.60 bits per heavy atom. The van der Waals surface area contributed by atoms with Gasteiger partial charge in [0.25, 0.3) is 0 Å². The van der Waals surface area contributed by atoms with Gasteiger partial charge in [0.15, 0.2) is 0 Å². The molecule has 0 aliphatic heterocycles. The lowest BCUT2D eigenvalue weighted by Gasteiger charge is -2.09. The van der Waals surface area contributed by atoms with Gasteiger partial charge in [-0.3, -0.25) is 11.3 Å². The Kier molecular flexibility index (Phi) is 2.04. The summed E-state index contributed by atoms with van der Waals surface area (Å²) < 4.78 is 0. The number of hydrogen-bond donors (Lipinski definition) is 0. The minimum absolute atomic E-state index is 1.19. The van der Waals surface area contributed by atoms with Crippen LogP contribution in [0.15, 0.2) is 53.9 Å². The summed E-state index contributed by atoms with van der Waals surface area (Å²) in [6.45, 7) is 0. The number of hydrogen-bond acceptors (Lipinski definition) is 1. The maximum absolute atomic E-state index is 3.29. The van der Waals surface area contributed by atoms with E-state index in [9.17, 15) is 0 Å². The molecule has 3 rings (SSSR count). The third-order valence-corrected chi connectivity index (χ3v) is 3.16. The molecule has 72 valence electrons. The first-order valence-corrected chi connectivity index (χ1v) is 5.76. The summed E-state index contributed by atoms with van der Waals surface area (Å²) in [7, 11) is 0. The van der Waals surface area contributed by atoms with Crippen LogP contribution in [0.4, 0.5) is 0 Å². The highest BCUT2D eigenvalue weighted by Crippen LogP contribution is 2.29. The van der Waals surface area contributed by atoms with Crippen molar-refractivity contribution in [1.82, 2.24) is 0 Å². The SMILES string of the molecule is [c-]1sccc1-c1cccc2ccccc12. The second-order valence-corrected chi connectivity index (χ2v) is 4.18. The van der Waals surface area contributed by atoms with E-state index in [2.05, 4.69) is 59.3 Å². The van der Waals surface area contributed by atoms with E-state index in [-0.39, 0.29) is 0 Å². The third kappa shape index (κ3) is 1.45. The van der Waals surface area contributed by atoms with Crippen molar-refractivity contribution in [2.45, 2.75) is 0 Å². The lowest BCUT2D eigenvalue weighted by atomic mass is 10.0. The van der Waals surface area contributed by atoms with E-state index < -0.39 is 0 Å². The van der Waals surface area contributed by atoms with E-state index in [1.165, 1.54) is 21.9 Å². The number of fused-ring (bicyclic) bond motifs is 1. The Labute approximate surface area is 92.8 Å². The molecule has 15 heavy (non-hydrogen) atoms. The molecular weight excluding hydrogens is 200 g/mol. The number of thiophene rings is 1. The van der Waals surface area contributed by atoms with Gasteiger partial charge in [-0.25, -0.2) is 0 Å². The monoisotopic (exact) mass is 209 g/mol. The van der Waals surface area contributed by atoms with Crippen molar-refractivity contribution in [3.8, 4) is 11.1 Å². The third-order valence-electron chi connectivity index (χ3n) is 2.55. The smallest absolute Gasteiger partial charge is 0.0271 e.